The van der Waals surface area contributed by atoms with E-state index in [1.54, 1.807) is 12.3 Å². The molecule has 4 nitrogen and oxygen atoms in total. The molecule has 0 aliphatic heterocycles. The summed E-state index contributed by atoms with van der Waals surface area (Å²) in [7, 11) is 0. The minimum absolute atomic E-state index is 0.258. The second-order valence-corrected chi connectivity index (χ2v) is 5.20. The third-order valence-corrected chi connectivity index (χ3v) is 2.18. The van der Waals surface area contributed by atoms with Crippen molar-refractivity contribution in [1.82, 2.24) is 10.3 Å². The fourth-order valence-corrected chi connectivity index (χ4v) is 1.45. The predicted molar refractivity (Wildman–Crippen MR) is 67.1 cm³/mol. The summed E-state index contributed by atoms with van der Waals surface area (Å²) in [6.45, 7) is 7.59. The molecule has 1 aromatic heterocycles. The third-order valence-electron chi connectivity index (χ3n) is 1.85. The summed E-state index contributed by atoms with van der Waals surface area (Å²) >= 11 is 5.99. The van der Waals surface area contributed by atoms with Crippen molar-refractivity contribution in [2.75, 3.05) is 0 Å². The van der Waals surface area contributed by atoms with Crippen LogP contribution < -0.4 is 5.32 Å². The molecule has 0 aliphatic carbocycles. The number of nitrogens with zero attached hydrogens (tertiary/aromatic N) is 1. The van der Waals surface area contributed by atoms with Gasteiger partial charge in [-0.25, -0.2) is 4.79 Å². The van der Waals surface area contributed by atoms with Gasteiger partial charge in [0.15, 0.2) is 0 Å². The molecule has 5 heteroatoms. The van der Waals surface area contributed by atoms with Gasteiger partial charge in [-0.2, -0.15) is 0 Å². The van der Waals surface area contributed by atoms with E-state index in [-0.39, 0.29) is 6.54 Å². The van der Waals surface area contributed by atoms with E-state index in [0.29, 0.717) is 10.7 Å². The third kappa shape index (κ3) is 5.04. The number of carbonyl (C=O) groups excluding carboxylic acids is 1. The molecule has 94 valence electrons. The van der Waals surface area contributed by atoms with E-state index < -0.39 is 11.7 Å². The molecular weight excluding hydrogens is 240 g/mol. The smallest absolute Gasteiger partial charge is 0.407 e. The molecule has 0 unspecified atom stereocenters. The molecule has 0 fully saturated rings. The second-order valence-electron chi connectivity index (χ2n) is 4.80. The maximum Gasteiger partial charge on any atom is 0.407 e. The Hall–Kier alpha value is -1.29. The SMILES string of the molecule is Cc1cnc(CNC(=O)OC(C)(C)C)c(Cl)c1. The van der Waals surface area contributed by atoms with Crippen molar-refractivity contribution in [2.24, 2.45) is 0 Å². The molecule has 0 bridgehead atoms. The van der Waals surface area contributed by atoms with Gasteiger partial charge < -0.3 is 10.1 Å². The number of amides is 1. The Labute approximate surface area is 106 Å². The summed E-state index contributed by atoms with van der Waals surface area (Å²) in [5, 5.41) is 3.15. The van der Waals surface area contributed by atoms with Crippen molar-refractivity contribution < 1.29 is 9.53 Å². The van der Waals surface area contributed by atoms with Gasteiger partial charge >= 0.3 is 6.09 Å². The number of rotatable bonds is 2. The lowest BCUT2D eigenvalue weighted by Gasteiger charge is -2.19. The monoisotopic (exact) mass is 256 g/mol. The van der Waals surface area contributed by atoms with Crippen LogP contribution in [0.5, 0.6) is 0 Å². The van der Waals surface area contributed by atoms with Crippen molar-refractivity contribution in [3.8, 4) is 0 Å². The van der Waals surface area contributed by atoms with Crippen LogP contribution >= 0.6 is 11.6 Å². The summed E-state index contributed by atoms with van der Waals surface area (Å²) in [6, 6.07) is 1.81. The van der Waals surface area contributed by atoms with E-state index in [2.05, 4.69) is 10.3 Å². The van der Waals surface area contributed by atoms with Gasteiger partial charge in [0.05, 0.1) is 17.3 Å². The summed E-state index contributed by atoms with van der Waals surface area (Å²) < 4.78 is 5.10. The highest BCUT2D eigenvalue weighted by atomic mass is 35.5. The molecule has 0 saturated carbocycles. The molecule has 0 aliphatic rings. The van der Waals surface area contributed by atoms with E-state index in [1.165, 1.54) is 0 Å². The van der Waals surface area contributed by atoms with E-state index in [4.69, 9.17) is 16.3 Å². The van der Waals surface area contributed by atoms with E-state index in [1.807, 2.05) is 27.7 Å². The quantitative estimate of drug-likeness (QED) is 0.885. The number of pyridine rings is 1. The van der Waals surface area contributed by atoms with Crippen LogP contribution in [-0.4, -0.2) is 16.7 Å². The molecule has 0 spiro atoms. The lowest BCUT2D eigenvalue weighted by atomic mass is 10.2. The molecule has 1 heterocycles. The first-order valence-electron chi connectivity index (χ1n) is 5.36. The van der Waals surface area contributed by atoms with E-state index in [0.717, 1.165) is 5.56 Å². The van der Waals surface area contributed by atoms with Crippen LogP contribution in [0.3, 0.4) is 0 Å². The van der Waals surface area contributed by atoms with Gasteiger partial charge in [0.25, 0.3) is 0 Å². The molecule has 1 rings (SSSR count). The van der Waals surface area contributed by atoms with Crippen LogP contribution in [0.15, 0.2) is 12.3 Å². The number of aromatic nitrogens is 1. The van der Waals surface area contributed by atoms with Gasteiger partial charge in [-0.05, 0) is 39.3 Å². The van der Waals surface area contributed by atoms with Gasteiger partial charge in [0, 0.05) is 6.20 Å². The summed E-state index contributed by atoms with van der Waals surface area (Å²) in [5.41, 5.74) is 1.10. The van der Waals surface area contributed by atoms with Crippen LogP contribution in [0.25, 0.3) is 0 Å². The Kier molecular flexibility index (Phi) is 4.34. The van der Waals surface area contributed by atoms with E-state index >= 15 is 0 Å². The standard InChI is InChI=1S/C12H17ClN2O2/c1-8-5-9(13)10(14-6-8)7-15-11(16)17-12(2,3)4/h5-6H,7H2,1-4H3,(H,15,16). The average Bonchev–Trinajstić information content (AvgIpc) is 2.13. The zero-order valence-corrected chi connectivity index (χ0v) is 11.3. The zero-order valence-electron chi connectivity index (χ0n) is 10.5. The number of ether oxygens (including phenoxy) is 1. The maximum absolute atomic E-state index is 11.4. The summed E-state index contributed by atoms with van der Waals surface area (Å²) in [4.78, 5) is 15.6. The Morgan fingerprint density at radius 3 is 2.71 bits per heavy atom. The number of hydrogen-bond donors (Lipinski definition) is 1. The number of nitrogens with one attached hydrogen (secondary N) is 1. The summed E-state index contributed by atoms with van der Waals surface area (Å²) in [5.74, 6) is 0. The molecule has 1 aromatic rings. The average molecular weight is 257 g/mol. The highest BCUT2D eigenvalue weighted by Gasteiger charge is 2.16. The van der Waals surface area contributed by atoms with Crippen molar-refractivity contribution in [3.63, 3.8) is 0 Å². The fraction of sp³-hybridized carbons (Fsp3) is 0.500. The van der Waals surface area contributed by atoms with Crippen molar-refractivity contribution >= 4 is 17.7 Å². The molecule has 1 amide bonds. The second kappa shape index (κ2) is 5.36. The van der Waals surface area contributed by atoms with E-state index in [9.17, 15) is 4.79 Å². The minimum Gasteiger partial charge on any atom is -0.444 e. The summed E-state index contributed by atoms with van der Waals surface area (Å²) in [6.07, 6.45) is 1.23. The fourth-order valence-electron chi connectivity index (χ4n) is 1.16. The lowest BCUT2D eigenvalue weighted by molar-refractivity contribution is 0.0523. The molecule has 17 heavy (non-hydrogen) atoms. The lowest BCUT2D eigenvalue weighted by Crippen LogP contribution is -2.32. The molecular formula is C12H17ClN2O2. The Bertz CT molecular complexity index is 413. The van der Waals surface area contributed by atoms with Crippen molar-refractivity contribution in [2.45, 2.75) is 39.8 Å². The highest BCUT2D eigenvalue weighted by molar-refractivity contribution is 6.31. The van der Waals surface area contributed by atoms with Gasteiger partial charge in [-0.1, -0.05) is 11.6 Å². The normalized spacial score (nSPS) is 11.1. The largest absolute Gasteiger partial charge is 0.444 e. The van der Waals surface area contributed by atoms with Crippen LogP contribution in [-0.2, 0) is 11.3 Å². The zero-order chi connectivity index (χ0) is 13.1. The van der Waals surface area contributed by atoms with Gasteiger partial charge in [-0.15, -0.1) is 0 Å². The number of alkyl carbamates (subject to hydrolysis) is 1. The van der Waals surface area contributed by atoms with Crippen LogP contribution in [0.1, 0.15) is 32.0 Å². The Balaban J connectivity index is 2.53. The van der Waals surface area contributed by atoms with Crippen molar-refractivity contribution in [3.05, 3.63) is 28.5 Å². The molecule has 0 radical (unpaired) electrons. The molecule has 1 N–H and O–H groups in total. The van der Waals surface area contributed by atoms with Crippen molar-refractivity contribution in [1.29, 1.82) is 0 Å². The van der Waals surface area contributed by atoms with Crippen LogP contribution in [0, 0.1) is 6.92 Å². The highest BCUT2D eigenvalue weighted by Crippen LogP contribution is 2.14. The van der Waals surface area contributed by atoms with Crippen LogP contribution in [0.2, 0.25) is 5.02 Å². The first-order valence-corrected chi connectivity index (χ1v) is 5.73. The predicted octanol–water partition coefficient (Wildman–Crippen LogP) is 3.07. The first kappa shape index (κ1) is 13.8. The Morgan fingerprint density at radius 1 is 1.53 bits per heavy atom. The Morgan fingerprint density at radius 2 is 2.18 bits per heavy atom. The first-order chi connectivity index (χ1) is 7.78. The number of aryl methyl sites for hydroxylation is 1. The van der Waals surface area contributed by atoms with Gasteiger partial charge in [0.2, 0.25) is 0 Å². The number of halogens is 1. The maximum atomic E-state index is 11.4. The van der Waals surface area contributed by atoms with Crippen LogP contribution in [0.4, 0.5) is 4.79 Å². The van der Waals surface area contributed by atoms with Gasteiger partial charge in [-0.3, -0.25) is 4.98 Å². The van der Waals surface area contributed by atoms with Gasteiger partial charge in [0.1, 0.15) is 5.60 Å². The number of hydrogen-bond acceptors (Lipinski definition) is 3. The molecule has 0 aromatic carbocycles. The molecule has 0 atom stereocenters. The number of carbonyl (C=O) groups is 1. The molecule has 0 saturated heterocycles. The minimum atomic E-state index is -0.505. The topological polar surface area (TPSA) is 51.2 Å².